The number of nitrogens with zero attached hydrogens (tertiary/aromatic N) is 1. The van der Waals surface area contributed by atoms with E-state index in [0.717, 1.165) is 5.70 Å². The van der Waals surface area contributed by atoms with Crippen LogP contribution in [0.1, 0.15) is 20.8 Å². The van der Waals surface area contributed by atoms with Gasteiger partial charge in [-0.2, -0.15) is 0 Å². The molecule has 0 aliphatic rings. The van der Waals surface area contributed by atoms with Crippen molar-refractivity contribution in [3.63, 3.8) is 0 Å². The molecule has 0 saturated heterocycles. The van der Waals surface area contributed by atoms with Crippen molar-refractivity contribution in [2.24, 2.45) is 0 Å². The van der Waals surface area contributed by atoms with Crippen LogP contribution in [0.5, 0.6) is 0 Å². The summed E-state index contributed by atoms with van der Waals surface area (Å²) in [5, 5.41) is 0. The lowest BCUT2D eigenvalue weighted by Gasteiger charge is -2.15. The van der Waals surface area contributed by atoms with Gasteiger partial charge < -0.3 is 9.64 Å². The topological polar surface area (TPSA) is 29.5 Å². The van der Waals surface area contributed by atoms with Gasteiger partial charge in [0.2, 0.25) is 0 Å². The number of ether oxygens (including phenoxy) is 1. The fourth-order valence-corrected chi connectivity index (χ4v) is 0.722. The van der Waals surface area contributed by atoms with Gasteiger partial charge in [-0.15, -0.1) is 0 Å². The maximum absolute atomic E-state index is 11.2. The molecule has 0 spiro atoms. The van der Waals surface area contributed by atoms with Gasteiger partial charge in [-0.3, -0.25) is 0 Å². The Hall–Kier alpha value is -0.990. The molecule has 0 unspecified atom stereocenters. The van der Waals surface area contributed by atoms with Crippen molar-refractivity contribution in [2.75, 3.05) is 20.7 Å². The van der Waals surface area contributed by atoms with E-state index in [4.69, 9.17) is 4.74 Å². The van der Waals surface area contributed by atoms with Crippen LogP contribution in [-0.4, -0.2) is 31.6 Å². The highest BCUT2D eigenvalue weighted by Crippen LogP contribution is 2.07. The molecule has 0 saturated carbocycles. The fraction of sp³-hybridized carbons (Fsp3) is 0.667. The third kappa shape index (κ3) is 2.95. The van der Waals surface area contributed by atoms with Gasteiger partial charge in [-0.25, -0.2) is 4.79 Å². The lowest BCUT2D eigenvalue weighted by Crippen LogP contribution is -2.15. The van der Waals surface area contributed by atoms with E-state index >= 15 is 0 Å². The minimum atomic E-state index is -0.233. The summed E-state index contributed by atoms with van der Waals surface area (Å²) in [5.41, 5.74) is 1.61. The zero-order valence-electron chi connectivity index (χ0n) is 8.47. The van der Waals surface area contributed by atoms with Crippen molar-refractivity contribution in [3.05, 3.63) is 11.3 Å². The lowest BCUT2D eigenvalue weighted by atomic mass is 10.2. The zero-order valence-corrected chi connectivity index (χ0v) is 8.47. The van der Waals surface area contributed by atoms with Gasteiger partial charge in [-0.05, 0) is 20.8 Å². The van der Waals surface area contributed by atoms with E-state index < -0.39 is 0 Å². The predicted octanol–water partition coefficient (Wildman–Crippen LogP) is 1.41. The Morgan fingerprint density at radius 1 is 1.33 bits per heavy atom. The van der Waals surface area contributed by atoms with Crippen LogP contribution in [0.15, 0.2) is 11.3 Å². The molecule has 0 aliphatic heterocycles. The van der Waals surface area contributed by atoms with Crippen LogP contribution in [0.4, 0.5) is 0 Å². The van der Waals surface area contributed by atoms with E-state index in [0.29, 0.717) is 12.2 Å². The van der Waals surface area contributed by atoms with Crippen LogP contribution in [0.2, 0.25) is 0 Å². The first-order valence-electron chi connectivity index (χ1n) is 4.02. The molecule has 0 aromatic carbocycles. The Labute approximate surface area is 74.0 Å². The Bertz CT molecular complexity index is 195. The molecule has 12 heavy (non-hydrogen) atoms. The maximum Gasteiger partial charge on any atom is 0.335 e. The molecule has 0 radical (unpaired) electrons. The van der Waals surface area contributed by atoms with Gasteiger partial charge in [0.25, 0.3) is 0 Å². The minimum Gasteiger partial charge on any atom is -0.463 e. The molecule has 0 aliphatic carbocycles. The summed E-state index contributed by atoms with van der Waals surface area (Å²) >= 11 is 0. The van der Waals surface area contributed by atoms with Crippen molar-refractivity contribution in [1.29, 1.82) is 0 Å². The van der Waals surface area contributed by atoms with Gasteiger partial charge >= 0.3 is 5.97 Å². The van der Waals surface area contributed by atoms with Crippen LogP contribution in [0, 0.1) is 0 Å². The lowest BCUT2D eigenvalue weighted by molar-refractivity contribution is -0.138. The predicted molar refractivity (Wildman–Crippen MR) is 48.7 cm³/mol. The van der Waals surface area contributed by atoms with E-state index in [1.165, 1.54) is 0 Å². The monoisotopic (exact) mass is 171 g/mol. The molecule has 0 N–H and O–H groups in total. The van der Waals surface area contributed by atoms with Crippen molar-refractivity contribution >= 4 is 5.97 Å². The Morgan fingerprint density at radius 2 is 1.83 bits per heavy atom. The minimum absolute atomic E-state index is 0.233. The van der Waals surface area contributed by atoms with Crippen molar-refractivity contribution in [3.8, 4) is 0 Å². The Balaban J connectivity index is 4.43. The molecule has 0 amide bonds. The van der Waals surface area contributed by atoms with Crippen LogP contribution in [0.25, 0.3) is 0 Å². The molecule has 3 heteroatoms. The van der Waals surface area contributed by atoms with E-state index in [9.17, 15) is 4.79 Å². The molecule has 0 aromatic rings. The van der Waals surface area contributed by atoms with E-state index in [-0.39, 0.29) is 5.97 Å². The number of esters is 1. The summed E-state index contributed by atoms with van der Waals surface area (Å²) in [6.45, 7) is 5.90. The van der Waals surface area contributed by atoms with E-state index in [1.54, 1.807) is 13.8 Å². The highest BCUT2D eigenvalue weighted by Gasteiger charge is 2.08. The third-order valence-corrected chi connectivity index (χ3v) is 1.80. The second-order valence-electron chi connectivity index (χ2n) is 2.83. The number of hydrogen-bond acceptors (Lipinski definition) is 3. The number of rotatable bonds is 3. The maximum atomic E-state index is 11.2. The number of carbonyl (C=O) groups is 1. The molecular weight excluding hydrogens is 154 g/mol. The molecule has 70 valence electrons. The first kappa shape index (κ1) is 11.0. The Kier molecular flexibility index (Phi) is 4.40. The first-order valence-corrected chi connectivity index (χ1v) is 4.02. The fourth-order valence-electron chi connectivity index (χ4n) is 0.722. The van der Waals surface area contributed by atoms with Crippen molar-refractivity contribution in [1.82, 2.24) is 4.90 Å². The number of allylic oxidation sites excluding steroid dienone is 1. The summed E-state index contributed by atoms with van der Waals surface area (Å²) < 4.78 is 4.85. The summed E-state index contributed by atoms with van der Waals surface area (Å²) in [6.07, 6.45) is 0. The van der Waals surface area contributed by atoms with Crippen molar-refractivity contribution in [2.45, 2.75) is 20.8 Å². The molecule has 0 aromatic heterocycles. The largest absolute Gasteiger partial charge is 0.463 e. The average molecular weight is 171 g/mol. The van der Waals surface area contributed by atoms with Gasteiger partial charge in [0.05, 0.1) is 12.2 Å². The van der Waals surface area contributed by atoms with E-state index in [1.807, 2.05) is 25.9 Å². The summed E-state index contributed by atoms with van der Waals surface area (Å²) in [5.74, 6) is -0.233. The third-order valence-electron chi connectivity index (χ3n) is 1.80. The smallest absolute Gasteiger partial charge is 0.335 e. The second kappa shape index (κ2) is 4.80. The zero-order chi connectivity index (χ0) is 9.72. The SMILES string of the molecule is CCOC(=O)C(C)=C(C)N(C)C. The molecule has 0 bridgehead atoms. The van der Waals surface area contributed by atoms with Gasteiger partial charge in [0.15, 0.2) is 0 Å². The van der Waals surface area contributed by atoms with Crippen LogP contribution in [0.3, 0.4) is 0 Å². The van der Waals surface area contributed by atoms with E-state index in [2.05, 4.69) is 0 Å². The average Bonchev–Trinajstić information content (AvgIpc) is 2.02. The number of hydrogen-bond donors (Lipinski definition) is 0. The van der Waals surface area contributed by atoms with Crippen molar-refractivity contribution < 1.29 is 9.53 Å². The highest BCUT2D eigenvalue weighted by molar-refractivity contribution is 5.88. The molecule has 0 rings (SSSR count). The second-order valence-corrected chi connectivity index (χ2v) is 2.83. The summed E-state index contributed by atoms with van der Waals surface area (Å²) in [6, 6.07) is 0. The normalized spacial score (nSPS) is 12.1. The molecule has 0 fully saturated rings. The summed E-state index contributed by atoms with van der Waals surface area (Å²) in [4.78, 5) is 13.1. The van der Waals surface area contributed by atoms with Gasteiger partial charge in [-0.1, -0.05) is 0 Å². The summed E-state index contributed by atoms with van der Waals surface area (Å²) in [7, 11) is 3.80. The Morgan fingerprint density at radius 3 is 2.17 bits per heavy atom. The molecular formula is C9H17NO2. The van der Waals surface area contributed by atoms with Gasteiger partial charge in [0.1, 0.15) is 0 Å². The first-order chi connectivity index (χ1) is 5.50. The molecule has 0 heterocycles. The quantitative estimate of drug-likeness (QED) is 0.475. The standard InChI is InChI=1S/C9H17NO2/c1-6-12-9(11)7(2)8(3)10(4)5/h6H2,1-5H3. The highest BCUT2D eigenvalue weighted by atomic mass is 16.5. The number of carbonyl (C=O) groups excluding carboxylic acids is 1. The molecule has 0 atom stereocenters. The van der Waals surface area contributed by atoms with Crippen LogP contribution in [-0.2, 0) is 9.53 Å². The molecule has 3 nitrogen and oxygen atoms in total. The van der Waals surface area contributed by atoms with Gasteiger partial charge in [0, 0.05) is 19.8 Å². The van der Waals surface area contributed by atoms with Crippen LogP contribution < -0.4 is 0 Å². The van der Waals surface area contributed by atoms with Crippen LogP contribution >= 0.6 is 0 Å².